The third-order valence-electron chi connectivity index (χ3n) is 1.59. The van der Waals surface area contributed by atoms with Crippen LogP contribution in [0, 0.1) is 0 Å². The fourth-order valence-electron chi connectivity index (χ4n) is 0.808. The maximum Gasteiger partial charge on any atom is 0.317 e. The molecule has 0 aromatic carbocycles. The first kappa shape index (κ1) is 13.2. The molecule has 0 radical (unpaired) electrons. The maximum absolute atomic E-state index is 10.7. The summed E-state index contributed by atoms with van der Waals surface area (Å²) in [5.41, 5.74) is 0. The van der Waals surface area contributed by atoms with Crippen molar-refractivity contribution in [2.45, 2.75) is 44.8 Å². The second-order valence-electron chi connectivity index (χ2n) is 2.89. The molecule has 0 aliphatic heterocycles. The molecule has 0 heterocycles. The summed E-state index contributed by atoms with van der Waals surface area (Å²) >= 11 is 0. The summed E-state index contributed by atoms with van der Waals surface area (Å²) < 4.78 is 0. The molecule has 0 aromatic heterocycles. The highest BCUT2D eigenvalue weighted by Gasteiger charge is 2.16. The summed E-state index contributed by atoms with van der Waals surface area (Å²) in [4.78, 5) is 10.7. The standard InChI is InChI=1S/C9H18O2S2/c1-3-5-7-12-13-8(6-4-2)9(10)11/h8H,3-7H2,1-2H3,(H,10,11). The minimum atomic E-state index is -0.671. The lowest BCUT2D eigenvalue weighted by Gasteiger charge is -2.08. The fourth-order valence-corrected chi connectivity index (χ4v) is 3.56. The van der Waals surface area contributed by atoms with Crippen molar-refractivity contribution in [2.24, 2.45) is 0 Å². The summed E-state index contributed by atoms with van der Waals surface area (Å²) in [6, 6.07) is 0. The van der Waals surface area contributed by atoms with Gasteiger partial charge < -0.3 is 5.11 Å². The number of rotatable bonds is 8. The van der Waals surface area contributed by atoms with Crippen molar-refractivity contribution in [2.75, 3.05) is 5.75 Å². The highest BCUT2D eigenvalue weighted by Crippen LogP contribution is 2.30. The second kappa shape index (κ2) is 8.75. The van der Waals surface area contributed by atoms with Gasteiger partial charge in [-0.1, -0.05) is 48.3 Å². The average molecular weight is 222 g/mol. The molecule has 0 rings (SSSR count). The molecule has 0 aromatic rings. The van der Waals surface area contributed by atoms with E-state index in [-0.39, 0.29) is 5.25 Å². The molecule has 78 valence electrons. The van der Waals surface area contributed by atoms with Gasteiger partial charge in [-0.2, -0.15) is 0 Å². The number of carboxylic acid groups (broad SMARTS) is 1. The number of carboxylic acids is 1. The molecule has 0 bridgehead atoms. The monoisotopic (exact) mass is 222 g/mol. The summed E-state index contributed by atoms with van der Waals surface area (Å²) in [5.74, 6) is 0.394. The quantitative estimate of drug-likeness (QED) is 0.504. The van der Waals surface area contributed by atoms with Crippen LogP contribution in [0.25, 0.3) is 0 Å². The zero-order valence-corrected chi connectivity index (χ0v) is 9.92. The molecule has 1 unspecified atom stereocenters. The maximum atomic E-state index is 10.7. The zero-order valence-electron chi connectivity index (χ0n) is 8.28. The van der Waals surface area contributed by atoms with Gasteiger partial charge in [0.15, 0.2) is 0 Å². The molecule has 0 amide bonds. The second-order valence-corrected chi connectivity index (χ2v) is 5.58. The Morgan fingerprint density at radius 2 is 2.08 bits per heavy atom. The number of carbonyl (C=O) groups is 1. The van der Waals surface area contributed by atoms with E-state index in [0.29, 0.717) is 0 Å². The van der Waals surface area contributed by atoms with Crippen LogP contribution in [0.15, 0.2) is 0 Å². The van der Waals surface area contributed by atoms with Crippen LogP contribution in [-0.2, 0) is 4.79 Å². The molecule has 0 saturated carbocycles. The van der Waals surface area contributed by atoms with Crippen LogP contribution in [0.1, 0.15) is 39.5 Å². The van der Waals surface area contributed by atoms with E-state index in [0.717, 1.165) is 18.6 Å². The molecule has 2 nitrogen and oxygen atoms in total. The highest BCUT2D eigenvalue weighted by atomic mass is 33.1. The van der Waals surface area contributed by atoms with Crippen molar-refractivity contribution in [1.29, 1.82) is 0 Å². The number of hydrogen-bond acceptors (Lipinski definition) is 3. The van der Waals surface area contributed by atoms with Gasteiger partial charge in [-0.25, -0.2) is 0 Å². The fraction of sp³-hybridized carbons (Fsp3) is 0.889. The van der Waals surface area contributed by atoms with E-state index in [1.54, 1.807) is 10.8 Å². The summed E-state index contributed by atoms with van der Waals surface area (Å²) in [6.07, 6.45) is 4.08. The van der Waals surface area contributed by atoms with Crippen molar-refractivity contribution >= 4 is 27.6 Å². The zero-order chi connectivity index (χ0) is 10.1. The molecule has 0 fully saturated rings. The van der Waals surface area contributed by atoms with Gasteiger partial charge in [-0.05, 0) is 12.8 Å². The van der Waals surface area contributed by atoms with Gasteiger partial charge in [0.1, 0.15) is 5.25 Å². The van der Waals surface area contributed by atoms with Gasteiger partial charge in [0.2, 0.25) is 0 Å². The van der Waals surface area contributed by atoms with Gasteiger partial charge >= 0.3 is 5.97 Å². The van der Waals surface area contributed by atoms with Gasteiger partial charge in [0.25, 0.3) is 0 Å². The van der Waals surface area contributed by atoms with Crippen LogP contribution in [0.5, 0.6) is 0 Å². The van der Waals surface area contributed by atoms with E-state index >= 15 is 0 Å². The Morgan fingerprint density at radius 1 is 1.38 bits per heavy atom. The molecule has 0 aliphatic rings. The molecule has 13 heavy (non-hydrogen) atoms. The number of unbranched alkanes of at least 4 members (excludes halogenated alkanes) is 1. The predicted molar refractivity (Wildman–Crippen MR) is 61.3 cm³/mol. The minimum Gasteiger partial charge on any atom is -0.480 e. The van der Waals surface area contributed by atoms with Gasteiger partial charge in [0, 0.05) is 5.75 Å². The van der Waals surface area contributed by atoms with Crippen molar-refractivity contribution in [3.63, 3.8) is 0 Å². The molecule has 4 heteroatoms. The van der Waals surface area contributed by atoms with E-state index in [1.165, 1.54) is 23.6 Å². The van der Waals surface area contributed by atoms with E-state index in [9.17, 15) is 4.79 Å². The summed E-state index contributed by atoms with van der Waals surface area (Å²) in [5, 5.41) is 8.61. The number of hydrogen-bond donors (Lipinski definition) is 1. The Kier molecular flexibility index (Phi) is 8.87. The van der Waals surface area contributed by atoms with Crippen molar-refractivity contribution in [1.82, 2.24) is 0 Å². The van der Waals surface area contributed by atoms with E-state index in [2.05, 4.69) is 6.92 Å². The Labute approximate surface area is 88.3 Å². The van der Waals surface area contributed by atoms with Crippen molar-refractivity contribution in [3.8, 4) is 0 Å². The van der Waals surface area contributed by atoms with Crippen molar-refractivity contribution in [3.05, 3.63) is 0 Å². The number of aliphatic carboxylic acids is 1. The molecule has 0 aliphatic carbocycles. The van der Waals surface area contributed by atoms with Crippen LogP contribution < -0.4 is 0 Å². The third kappa shape index (κ3) is 7.26. The van der Waals surface area contributed by atoms with E-state index < -0.39 is 5.97 Å². The van der Waals surface area contributed by atoms with Crippen LogP contribution in [0.2, 0.25) is 0 Å². The Hall–Kier alpha value is 0.170. The van der Waals surface area contributed by atoms with Crippen LogP contribution >= 0.6 is 21.6 Å². The van der Waals surface area contributed by atoms with Crippen molar-refractivity contribution < 1.29 is 9.90 Å². The first-order valence-electron chi connectivity index (χ1n) is 4.73. The Balaban J connectivity index is 3.51. The first-order valence-corrected chi connectivity index (χ1v) is 7.11. The molecule has 0 spiro atoms. The lowest BCUT2D eigenvalue weighted by Crippen LogP contribution is -2.14. The normalized spacial score (nSPS) is 12.8. The van der Waals surface area contributed by atoms with Crippen LogP contribution in [0.3, 0.4) is 0 Å². The predicted octanol–water partition coefficient (Wildman–Crippen LogP) is 3.42. The SMILES string of the molecule is CCCCSSC(CCC)C(=O)O. The summed E-state index contributed by atoms with van der Waals surface area (Å²) in [7, 11) is 3.20. The molecule has 1 atom stereocenters. The Bertz CT molecular complexity index is 140. The van der Waals surface area contributed by atoms with Gasteiger partial charge in [-0.3, -0.25) is 4.79 Å². The van der Waals surface area contributed by atoms with Crippen LogP contribution in [0.4, 0.5) is 0 Å². The first-order chi connectivity index (χ1) is 6.22. The largest absolute Gasteiger partial charge is 0.480 e. The third-order valence-corrected chi connectivity index (χ3v) is 4.46. The minimum absolute atomic E-state index is 0.216. The molecule has 0 saturated heterocycles. The van der Waals surface area contributed by atoms with Gasteiger partial charge in [-0.15, -0.1) is 0 Å². The smallest absolute Gasteiger partial charge is 0.317 e. The highest BCUT2D eigenvalue weighted by molar-refractivity contribution is 8.77. The van der Waals surface area contributed by atoms with Gasteiger partial charge in [0.05, 0.1) is 0 Å². The molecular formula is C9H18O2S2. The molecular weight excluding hydrogens is 204 g/mol. The topological polar surface area (TPSA) is 37.3 Å². The van der Waals surface area contributed by atoms with E-state index in [1.807, 2.05) is 6.92 Å². The van der Waals surface area contributed by atoms with E-state index in [4.69, 9.17) is 5.11 Å². The lowest BCUT2D eigenvalue weighted by atomic mass is 10.2. The Morgan fingerprint density at radius 3 is 2.54 bits per heavy atom. The average Bonchev–Trinajstić information content (AvgIpc) is 2.10. The molecule has 1 N–H and O–H groups in total. The summed E-state index contributed by atoms with van der Waals surface area (Å²) in [6.45, 7) is 4.17. The van der Waals surface area contributed by atoms with Crippen LogP contribution in [-0.4, -0.2) is 22.1 Å². The lowest BCUT2D eigenvalue weighted by molar-refractivity contribution is -0.136.